The zero-order chi connectivity index (χ0) is 21.9. The van der Waals surface area contributed by atoms with E-state index in [-0.39, 0.29) is 17.8 Å². The number of benzene rings is 2. The van der Waals surface area contributed by atoms with Gasteiger partial charge in [0, 0.05) is 28.0 Å². The highest BCUT2D eigenvalue weighted by atomic mass is 79.9. The van der Waals surface area contributed by atoms with E-state index < -0.39 is 23.6 Å². The number of carbonyl (C=O) groups is 2. The summed E-state index contributed by atoms with van der Waals surface area (Å²) in [7, 11) is 0. The van der Waals surface area contributed by atoms with E-state index in [1.807, 2.05) is 24.3 Å². The molecule has 0 saturated carbocycles. The Morgan fingerprint density at radius 3 is 2.57 bits per heavy atom. The van der Waals surface area contributed by atoms with Crippen molar-refractivity contribution in [3.05, 3.63) is 63.6 Å². The van der Waals surface area contributed by atoms with Crippen molar-refractivity contribution >= 4 is 50.5 Å². The van der Waals surface area contributed by atoms with Crippen molar-refractivity contribution in [2.75, 3.05) is 10.6 Å². The van der Waals surface area contributed by atoms with E-state index in [4.69, 9.17) is 0 Å². The number of thiazole rings is 1. The summed E-state index contributed by atoms with van der Waals surface area (Å²) < 4.78 is 41.1. The lowest BCUT2D eigenvalue weighted by atomic mass is 10.1. The molecule has 1 aromatic heterocycles. The van der Waals surface area contributed by atoms with Gasteiger partial charge < -0.3 is 10.6 Å². The van der Waals surface area contributed by atoms with Gasteiger partial charge in [-0.15, -0.1) is 11.3 Å². The van der Waals surface area contributed by atoms with E-state index in [0.717, 1.165) is 22.2 Å². The summed E-state index contributed by atoms with van der Waals surface area (Å²) in [5, 5.41) is 6.98. The van der Waals surface area contributed by atoms with Crippen LogP contribution in [0, 0.1) is 0 Å². The highest BCUT2D eigenvalue weighted by Gasteiger charge is 2.34. The maximum atomic E-state index is 13.4. The number of nitrogens with one attached hydrogen (secondary N) is 2. The molecule has 30 heavy (non-hydrogen) atoms. The third-order valence-corrected chi connectivity index (χ3v) is 5.32. The van der Waals surface area contributed by atoms with Gasteiger partial charge in [-0.2, -0.15) is 13.2 Å². The van der Waals surface area contributed by atoms with Crippen molar-refractivity contribution in [1.29, 1.82) is 0 Å². The third kappa shape index (κ3) is 5.67. The van der Waals surface area contributed by atoms with Crippen LogP contribution in [0.2, 0.25) is 0 Å². The molecule has 0 bridgehead atoms. The first kappa shape index (κ1) is 22.0. The van der Waals surface area contributed by atoms with Crippen LogP contribution in [0.1, 0.15) is 18.2 Å². The van der Waals surface area contributed by atoms with Gasteiger partial charge in [-0.1, -0.05) is 28.1 Å². The van der Waals surface area contributed by atoms with Crippen LogP contribution in [0.3, 0.4) is 0 Å². The Morgan fingerprint density at radius 1 is 1.13 bits per heavy atom. The zero-order valence-corrected chi connectivity index (χ0v) is 17.9. The lowest BCUT2D eigenvalue weighted by Gasteiger charge is -2.15. The number of anilines is 2. The molecule has 5 nitrogen and oxygen atoms in total. The molecule has 0 saturated heterocycles. The molecule has 3 rings (SSSR count). The van der Waals surface area contributed by atoms with E-state index in [2.05, 4.69) is 31.5 Å². The molecule has 0 aliphatic carbocycles. The number of hydrogen-bond donors (Lipinski definition) is 2. The monoisotopic (exact) mass is 497 g/mol. The van der Waals surface area contributed by atoms with Crippen molar-refractivity contribution in [3.8, 4) is 10.6 Å². The minimum atomic E-state index is -4.70. The Labute approximate surface area is 182 Å². The summed E-state index contributed by atoms with van der Waals surface area (Å²) in [5.74, 6) is -1.12. The first-order valence-corrected chi connectivity index (χ1v) is 10.3. The Morgan fingerprint density at radius 2 is 1.90 bits per heavy atom. The van der Waals surface area contributed by atoms with E-state index in [1.165, 1.54) is 24.3 Å². The average molecular weight is 498 g/mol. The van der Waals surface area contributed by atoms with Crippen molar-refractivity contribution < 1.29 is 22.8 Å². The van der Waals surface area contributed by atoms with Crippen molar-refractivity contribution in [2.45, 2.75) is 19.5 Å². The minimum Gasteiger partial charge on any atom is -0.326 e. The predicted molar refractivity (Wildman–Crippen MR) is 113 cm³/mol. The molecule has 2 aromatic carbocycles. The second-order valence-corrected chi connectivity index (χ2v) is 8.09. The van der Waals surface area contributed by atoms with Gasteiger partial charge in [0.05, 0.1) is 23.4 Å². The van der Waals surface area contributed by atoms with Gasteiger partial charge >= 0.3 is 6.18 Å². The number of nitrogens with zero attached hydrogens (tertiary/aromatic N) is 1. The second kappa shape index (κ2) is 8.97. The quantitative estimate of drug-likeness (QED) is 0.472. The van der Waals surface area contributed by atoms with Gasteiger partial charge in [0.25, 0.3) is 0 Å². The molecule has 10 heteroatoms. The Bertz CT molecular complexity index is 1100. The number of hydrogen-bond acceptors (Lipinski definition) is 4. The molecule has 1 heterocycles. The summed E-state index contributed by atoms with van der Waals surface area (Å²) >= 11 is 4.72. The van der Waals surface area contributed by atoms with Gasteiger partial charge in [0.1, 0.15) is 5.01 Å². The number of alkyl halides is 3. The lowest BCUT2D eigenvalue weighted by Crippen LogP contribution is -2.19. The van der Waals surface area contributed by atoms with Gasteiger partial charge in [0.2, 0.25) is 11.8 Å². The number of aromatic nitrogens is 1. The summed E-state index contributed by atoms with van der Waals surface area (Å²) in [6.07, 6.45) is -4.87. The van der Waals surface area contributed by atoms with E-state index in [0.29, 0.717) is 10.7 Å². The molecule has 0 radical (unpaired) electrons. The SMILES string of the molecule is CC(=O)Nc1ccc(NC(=O)Cc2csc(-c3cccc(Br)c3)n2)c(C(F)(F)F)c1. The minimum absolute atomic E-state index is 0.00834. The van der Waals surface area contributed by atoms with Gasteiger partial charge in [0.15, 0.2) is 0 Å². The van der Waals surface area contributed by atoms with Crippen LogP contribution in [0.5, 0.6) is 0 Å². The van der Waals surface area contributed by atoms with E-state index in [9.17, 15) is 22.8 Å². The topological polar surface area (TPSA) is 71.1 Å². The normalized spacial score (nSPS) is 11.2. The number of rotatable bonds is 5. The number of halogens is 4. The van der Waals surface area contributed by atoms with E-state index in [1.54, 1.807) is 5.38 Å². The van der Waals surface area contributed by atoms with Crippen molar-refractivity contribution in [2.24, 2.45) is 0 Å². The zero-order valence-electron chi connectivity index (χ0n) is 15.5. The molecule has 0 unspecified atom stereocenters. The fourth-order valence-electron chi connectivity index (χ4n) is 2.67. The molecule has 0 aliphatic heterocycles. The van der Waals surface area contributed by atoms with Gasteiger partial charge in [-0.25, -0.2) is 4.98 Å². The van der Waals surface area contributed by atoms with Crippen LogP contribution in [-0.2, 0) is 22.2 Å². The second-order valence-electron chi connectivity index (χ2n) is 6.32. The molecule has 0 spiro atoms. The molecular weight excluding hydrogens is 483 g/mol. The smallest absolute Gasteiger partial charge is 0.326 e. The molecule has 0 aliphatic rings. The van der Waals surface area contributed by atoms with Gasteiger partial charge in [-0.05, 0) is 30.3 Å². The molecule has 0 fully saturated rings. The number of amides is 2. The summed E-state index contributed by atoms with van der Waals surface area (Å²) in [4.78, 5) is 27.8. The van der Waals surface area contributed by atoms with E-state index >= 15 is 0 Å². The molecule has 156 valence electrons. The van der Waals surface area contributed by atoms with Crippen LogP contribution in [0.15, 0.2) is 52.3 Å². The summed E-state index contributed by atoms with van der Waals surface area (Å²) in [5.41, 5.74) is -0.116. The van der Waals surface area contributed by atoms with Crippen LogP contribution < -0.4 is 10.6 Å². The summed E-state index contributed by atoms with van der Waals surface area (Å²) in [6.45, 7) is 1.19. The maximum Gasteiger partial charge on any atom is 0.418 e. The van der Waals surface area contributed by atoms with Crippen LogP contribution in [-0.4, -0.2) is 16.8 Å². The molecule has 3 aromatic rings. The fourth-order valence-corrected chi connectivity index (χ4v) is 3.89. The first-order valence-electron chi connectivity index (χ1n) is 8.61. The maximum absolute atomic E-state index is 13.4. The largest absolute Gasteiger partial charge is 0.418 e. The predicted octanol–water partition coefficient (Wildman–Crippen LogP) is 5.73. The highest BCUT2D eigenvalue weighted by Crippen LogP contribution is 2.36. The Balaban J connectivity index is 1.75. The Hall–Kier alpha value is -2.72. The van der Waals surface area contributed by atoms with Crippen LogP contribution in [0.25, 0.3) is 10.6 Å². The highest BCUT2D eigenvalue weighted by molar-refractivity contribution is 9.10. The molecule has 2 N–H and O–H groups in total. The van der Waals surface area contributed by atoms with Crippen molar-refractivity contribution in [1.82, 2.24) is 4.98 Å². The lowest BCUT2D eigenvalue weighted by molar-refractivity contribution is -0.137. The van der Waals surface area contributed by atoms with Crippen LogP contribution >= 0.6 is 27.3 Å². The third-order valence-electron chi connectivity index (χ3n) is 3.88. The van der Waals surface area contributed by atoms with Crippen molar-refractivity contribution in [3.63, 3.8) is 0 Å². The first-order chi connectivity index (χ1) is 14.1. The molecular formula is C20H15BrF3N3O2S. The number of carbonyl (C=O) groups excluding carboxylic acids is 2. The van der Waals surface area contributed by atoms with Gasteiger partial charge in [-0.3, -0.25) is 9.59 Å². The standard InChI is InChI=1S/C20H15BrF3N3O2S/c1-11(28)25-14-5-6-17(16(8-14)20(22,23)24)27-18(29)9-15-10-30-19(26-15)12-3-2-4-13(21)7-12/h2-8,10H,9H2,1H3,(H,25,28)(H,27,29). The fraction of sp³-hybridized carbons (Fsp3) is 0.150. The molecule has 0 atom stereocenters. The van der Waals surface area contributed by atoms with Crippen LogP contribution in [0.4, 0.5) is 24.5 Å². The molecule has 2 amide bonds. The average Bonchev–Trinajstić information content (AvgIpc) is 3.10. The Kier molecular flexibility index (Phi) is 6.57. The summed E-state index contributed by atoms with van der Waals surface area (Å²) in [6, 6.07) is 10.7.